The summed E-state index contributed by atoms with van der Waals surface area (Å²) >= 11 is 0. The topological polar surface area (TPSA) is 59.8 Å². The molecule has 0 N–H and O–H groups in total. The van der Waals surface area contributed by atoms with E-state index in [0.29, 0.717) is 18.8 Å². The number of hydrogen-bond donors (Lipinski definition) is 0. The second-order valence-electron chi connectivity index (χ2n) is 5.05. The molecule has 1 aromatic heterocycles. The first-order valence-electron chi connectivity index (χ1n) is 7.03. The first-order chi connectivity index (χ1) is 10.6. The van der Waals surface area contributed by atoms with E-state index in [-0.39, 0.29) is 17.4 Å². The number of furan rings is 1. The molecule has 1 fully saturated rings. The monoisotopic (exact) mass is 325 g/mol. The molecule has 118 valence electrons. The van der Waals surface area contributed by atoms with E-state index < -0.39 is 15.8 Å². The summed E-state index contributed by atoms with van der Waals surface area (Å²) in [4.78, 5) is 0. The molecule has 1 aliphatic heterocycles. The molecule has 0 amide bonds. The first kappa shape index (κ1) is 15.1. The van der Waals surface area contributed by atoms with E-state index >= 15 is 0 Å². The van der Waals surface area contributed by atoms with Crippen LogP contribution in [0.3, 0.4) is 0 Å². The molecule has 5 nitrogen and oxygen atoms in total. The molecular weight excluding hydrogens is 309 g/mol. The molecule has 22 heavy (non-hydrogen) atoms. The number of sulfonamides is 1. The van der Waals surface area contributed by atoms with Crippen LogP contribution in [0.5, 0.6) is 5.75 Å². The zero-order valence-electron chi connectivity index (χ0n) is 11.9. The van der Waals surface area contributed by atoms with Crippen molar-refractivity contribution in [3.8, 4) is 5.75 Å². The number of benzene rings is 1. The van der Waals surface area contributed by atoms with E-state index in [1.54, 1.807) is 12.1 Å². The van der Waals surface area contributed by atoms with Crippen LogP contribution in [0, 0.1) is 5.82 Å². The summed E-state index contributed by atoms with van der Waals surface area (Å²) in [6.45, 7) is 1.00. The predicted molar refractivity (Wildman–Crippen MR) is 77.4 cm³/mol. The Kier molecular flexibility index (Phi) is 4.17. The van der Waals surface area contributed by atoms with Crippen molar-refractivity contribution < 1.29 is 22.0 Å². The summed E-state index contributed by atoms with van der Waals surface area (Å²) in [5.74, 6) is -0.0390. The predicted octanol–water partition coefficient (Wildman–Crippen LogP) is 2.78. The Labute approximate surface area is 128 Å². The third kappa shape index (κ3) is 3.00. The van der Waals surface area contributed by atoms with Crippen LogP contribution in [0.1, 0.15) is 18.6 Å². The highest BCUT2D eigenvalue weighted by Gasteiger charge is 2.29. The maximum absolute atomic E-state index is 13.4. The number of para-hydroxylation sites is 1. The van der Waals surface area contributed by atoms with Crippen LogP contribution >= 0.6 is 0 Å². The standard InChI is InChI=1S/C15H16FNO4S/c16-13-5-1-2-6-14(13)20-11-12-7-8-15(21-12)22(18,19)17-9-3-4-10-17/h1-2,5-8H,3-4,9-11H2. The Morgan fingerprint density at radius 2 is 1.86 bits per heavy atom. The Bertz CT molecular complexity index is 750. The molecule has 0 aliphatic carbocycles. The lowest BCUT2D eigenvalue weighted by atomic mass is 10.3. The minimum atomic E-state index is -3.57. The zero-order valence-corrected chi connectivity index (χ0v) is 12.7. The second-order valence-corrected chi connectivity index (χ2v) is 6.92. The average Bonchev–Trinajstić information content (AvgIpc) is 3.18. The Balaban J connectivity index is 1.70. The van der Waals surface area contributed by atoms with Gasteiger partial charge in [-0.15, -0.1) is 0 Å². The van der Waals surface area contributed by atoms with Gasteiger partial charge in [0.25, 0.3) is 10.0 Å². The van der Waals surface area contributed by atoms with Gasteiger partial charge < -0.3 is 9.15 Å². The van der Waals surface area contributed by atoms with Crippen molar-refractivity contribution in [3.63, 3.8) is 0 Å². The van der Waals surface area contributed by atoms with Crippen LogP contribution in [0.4, 0.5) is 4.39 Å². The van der Waals surface area contributed by atoms with Gasteiger partial charge in [-0.2, -0.15) is 4.31 Å². The summed E-state index contributed by atoms with van der Waals surface area (Å²) in [7, 11) is -3.57. The molecule has 0 radical (unpaired) electrons. The van der Waals surface area contributed by atoms with E-state index in [2.05, 4.69) is 0 Å². The van der Waals surface area contributed by atoms with E-state index in [1.807, 2.05) is 0 Å². The summed E-state index contributed by atoms with van der Waals surface area (Å²) in [6.07, 6.45) is 1.73. The molecule has 1 aliphatic rings. The van der Waals surface area contributed by atoms with Gasteiger partial charge in [0.15, 0.2) is 11.6 Å². The molecule has 0 bridgehead atoms. The highest BCUT2D eigenvalue weighted by Crippen LogP contribution is 2.24. The maximum atomic E-state index is 13.4. The molecule has 1 saturated heterocycles. The third-order valence-electron chi connectivity index (χ3n) is 3.50. The van der Waals surface area contributed by atoms with E-state index in [1.165, 1.54) is 28.6 Å². The van der Waals surface area contributed by atoms with Gasteiger partial charge in [-0.1, -0.05) is 12.1 Å². The Hall–Kier alpha value is -1.86. The third-order valence-corrected chi connectivity index (χ3v) is 5.28. The smallest absolute Gasteiger partial charge is 0.276 e. The fourth-order valence-corrected chi connectivity index (χ4v) is 3.79. The Morgan fingerprint density at radius 3 is 2.59 bits per heavy atom. The second kappa shape index (κ2) is 6.10. The molecule has 7 heteroatoms. The Morgan fingerprint density at radius 1 is 1.14 bits per heavy atom. The zero-order chi connectivity index (χ0) is 15.6. The van der Waals surface area contributed by atoms with Crippen LogP contribution < -0.4 is 4.74 Å². The number of nitrogens with zero attached hydrogens (tertiary/aromatic N) is 1. The first-order valence-corrected chi connectivity index (χ1v) is 8.47. The van der Waals surface area contributed by atoms with Crippen molar-refractivity contribution in [2.24, 2.45) is 0 Å². The van der Waals surface area contributed by atoms with E-state index in [0.717, 1.165) is 12.8 Å². The van der Waals surface area contributed by atoms with E-state index in [9.17, 15) is 12.8 Å². The molecular formula is C15H16FNO4S. The minimum Gasteiger partial charge on any atom is -0.483 e. The summed E-state index contributed by atoms with van der Waals surface area (Å²) in [5, 5.41) is -0.0958. The maximum Gasteiger partial charge on any atom is 0.276 e. The van der Waals surface area contributed by atoms with Gasteiger partial charge in [0.05, 0.1) is 0 Å². The van der Waals surface area contributed by atoms with Crippen molar-refractivity contribution in [1.29, 1.82) is 0 Å². The average molecular weight is 325 g/mol. The number of hydrogen-bond acceptors (Lipinski definition) is 4. The van der Waals surface area contributed by atoms with Gasteiger partial charge >= 0.3 is 0 Å². The summed E-state index contributed by atoms with van der Waals surface area (Å²) in [5.41, 5.74) is 0. The molecule has 0 saturated carbocycles. The largest absolute Gasteiger partial charge is 0.483 e. The van der Waals surface area contributed by atoms with Gasteiger partial charge in [0.2, 0.25) is 5.09 Å². The van der Waals surface area contributed by atoms with Crippen LogP contribution in [-0.4, -0.2) is 25.8 Å². The SMILES string of the molecule is O=S(=O)(c1ccc(COc2ccccc2F)o1)N1CCCC1. The summed E-state index contributed by atoms with van der Waals surface area (Å²) in [6, 6.07) is 8.96. The van der Waals surface area contributed by atoms with Gasteiger partial charge in [0.1, 0.15) is 12.4 Å². The lowest BCUT2D eigenvalue weighted by molar-refractivity contribution is 0.246. The molecule has 2 heterocycles. The van der Waals surface area contributed by atoms with Crippen molar-refractivity contribution >= 4 is 10.0 Å². The molecule has 3 rings (SSSR count). The lowest BCUT2D eigenvalue weighted by Gasteiger charge is -2.12. The van der Waals surface area contributed by atoms with Crippen LogP contribution in [-0.2, 0) is 16.6 Å². The fraction of sp³-hybridized carbons (Fsp3) is 0.333. The quantitative estimate of drug-likeness (QED) is 0.848. The van der Waals surface area contributed by atoms with Crippen LogP contribution in [0.25, 0.3) is 0 Å². The lowest BCUT2D eigenvalue weighted by Crippen LogP contribution is -2.27. The molecule has 2 aromatic rings. The van der Waals surface area contributed by atoms with Gasteiger partial charge in [-0.05, 0) is 37.1 Å². The number of rotatable bonds is 5. The van der Waals surface area contributed by atoms with Crippen molar-refractivity contribution in [2.75, 3.05) is 13.1 Å². The normalized spacial score (nSPS) is 16.0. The number of ether oxygens (including phenoxy) is 1. The van der Waals surface area contributed by atoms with Crippen LogP contribution in [0.15, 0.2) is 45.9 Å². The highest BCUT2D eigenvalue weighted by atomic mass is 32.2. The fourth-order valence-electron chi connectivity index (χ4n) is 2.34. The molecule has 0 unspecified atom stereocenters. The highest BCUT2D eigenvalue weighted by molar-refractivity contribution is 7.89. The summed E-state index contributed by atoms with van der Waals surface area (Å²) < 4.78 is 50.1. The van der Waals surface area contributed by atoms with E-state index in [4.69, 9.17) is 9.15 Å². The molecule has 0 atom stereocenters. The number of halogens is 1. The van der Waals surface area contributed by atoms with Crippen LogP contribution in [0.2, 0.25) is 0 Å². The van der Waals surface area contributed by atoms with Crippen molar-refractivity contribution in [1.82, 2.24) is 4.31 Å². The molecule has 0 spiro atoms. The van der Waals surface area contributed by atoms with Crippen molar-refractivity contribution in [2.45, 2.75) is 24.5 Å². The minimum absolute atomic E-state index is 0.0313. The van der Waals surface area contributed by atoms with Gasteiger partial charge in [0, 0.05) is 13.1 Å². The van der Waals surface area contributed by atoms with Gasteiger partial charge in [-0.3, -0.25) is 0 Å². The van der Waals surface area contributed by atoms with Gasteiger partial charge in [-0.25, -0.2) is 12.8 Å². The van der Waals surface area contributed by atoms with Crippen molar-refractivity contribution in [3.05, 3.63) is 48.0 Å². The molecule has 1 aromatic carbocycles.